The normalized spacial score (nSPS) is 10.5. The van der Waals surface area contributed by atoms with E-state index in [1.807, 2.05) is 42.5 Å². The molecule has 1 nitrogen and oxygen atoms in total. The summed E-state index contributed by atoms with van der Waals surface area (Å²) in [6.45, 7) is 0. The molecular weight excluding hydrogens is 262 g/mol. The number of rotatable bonds is 2. The van der Waals surface area contributed by atoms with Gasteiger partial charge in [-0.05, 0) is 11.6 Å². The van der Waals surface area contributed by atoms with Gasteiger partial charge in [0, 0.05) is 5.56 Å². The van der Waals surface area contributed by atoms with Gasteiger partial charge in [-0.3, -0.25) is 0 Å². The summed E-state index contributed by atoms with van der Waals surface area (Å²) in [4.78, 5) is 5.37. The van der Waals surface area contributed by atoms with Crippen LogP contribution >= 0.6 is 22.9 Å². The molecule has 3 rings (SSSR count). The molecule has 0 spiro atoms. The van der Waals surface area contributed by atoms with Crippen LogP contribution in [-0.4, -0.2) is 4.98 Å². The Morgan fingerprint density at radius 1 is 0.944 bits per heavy atom. The Morgan fingerprint density at radius 2 is 1.67 bits per heavy atom. The summed E-state index contributed by atoms with van der Waals surface area (Å²) in [5.74, 6) is 0. The second kappa shape index (κ2) is 4.92. The smallest absolute Gasteiger partial charge is 0.126 e. The first-order valence-electron chi connectivity index (χ1n) is 5.53. The number of hydrogen-bond donors (Lipinski definition) is 0. The Balaban J connectivity index is 2.03. The maximum absolute atomic E-state index is 6.17. The molecule has 0 saturated carbocycles. The number of nitrogens with zero attached hydrogens (tertiary/aromatic N) is 1. The van der Waals surface area contributed by atoms with Crippen molar-refractivity contribution < 1.29 is 0 Å². The molecule has 0 fully saturated rings. The van der Waals surface area contributed by atoms with Gasteiger partial charge in [-0.25, -0.2) is 4.98 Å². The van der Waals surface area contributed by atoms with Crippen LogP contribution in [0.5, 0.6) is 0 Å². The zero-order valence-corrected chi connectivity index (χ0v) is 11.0. The van der Waals surface area contributed by atoms with Gasteiger partial charge in [-0.1, -0.05) is 60.1 Å². The summed E-state index contributed by atoms with van der Waals surface area (Å²) in [5.41, 5.74) is 2.09. The van der Waals surface area contributed by atoms with Gasteiger partial charge in [0.05, 0.1) is 9.90 Å². The van der Waals surface area contributed by atoms with E-state index in [1.165, 1.54) is 0 Å². The summed E-state index contributed by atoms with van der Waals surface area (Å²) in [7, 11) is 0. The van der Waals surface area contributed by atoms with Gasteiger partial charge in [-0.2, -0.15) is 0 Å². The minimum absolute atomic E-state index is 0.722. The lowest BCUT2D eigenvalue weighted by molar-refractivity contribution is 1.40. The fraction of sp³-hybridized carbons (Fsp3) is 0. The molecule has 0 unspecified atom stereocenters. The molecule has 18 heavy (non-hydrogen) atoms. The molecular formula is C15H9ClNS. The first kappa shape index (κ1) is 11.5. The highest BCUT2D eigenvalue weighted by Gasteiger charge is 2.09. The quantitative estimate of drug-likeness (QED) is 0.643. The van der Waals surface area contributed by atoms with Crippen LogP contribution in [0, 0.1) is 6.20 Å². The molecule has 0 aliphatic carbocycles. The van der Waals surface area contributed by atoms with E-state index in [9.17, 15) is 0 Å². The van der Waals surface area contributed by atoms with Crippen LogP contribution in [0.3, 0.4) is 0 Å². The average molecular weight is 271 g/mol. The zero-order valence-electron chi connectivity index (χ0n) is 9.43. The Kier molecular flexibility index (Phi) is 3.13. The van der Waals surface area contributed by atoms with Crippen LogP contribution in [0.1, 0.15) is 0 Å². The minimum atomic E-state index is 0.722. The largest absolute Gasteiger partial charge is 0.234 e. The second-order valence-corrected chi connectivity index (χ2v) is 5.21. The van der Waals surface area contributed by atoms with Crippen molar-refractivity contribution in [2.24, 2.45) is 0 Å². The molecule has 0 aliphatic rings. The highest BCUT2D eigenvalue weighted by atomic mass is 35.5. The molecule has 1 radical (unpaired) electrons. The van der Waals surface area contributed by atoms with Crippen LogP contribution in [0.2, 0.25) is 5.02 Å². The van der Waals surface area contributed by atoms with Crippen molar-refractivity contribution in [2.75, 3.05) is 0 Å². The van der Waals surface area contributed by atoms with Crippen LogP contribution in [0.4, 0.5) is 0 Å². The van der Waals surface area contributed by atoms with E-state index in [0.717, 1.165) is 26.0 Å². The molecule has 0 saturated heterocycles. The molecule has 0 atom stereocenters. The lowest BCUT2D eigenvalue weighted by Crippen LogP contribution is -1.75. The minimum Gasteiger partial charge on any atom is -0.234 e. The standard InChI is InChI=1S/C15H9ClNS/c16-13-9-5-4-8-12(13)15-17-10-14(18-15)11-6-2-1-3-7-11/h1-9H. The van der Waals surface area contributed by atoms with E-state index < -0.39 is 0 Å². The van der Waals surface area contributed by atoms with E-state index in [-0.39, 0.29) is 0 Å². The van der Waals surface area contributed by atoms with E-state index in [0.29, 0.717) is 0 Å². The second-order valence-electron chi connectivity index (χ2n) is 3.81. The van der Waals surface area contributed by atoms with Crippen molar-refractivity contribution in [1.82, 2.24) is 4.98 Å². The monoisotopic (exact) mass is 270 g/mol. The maximum Gasteiger partial charge on any atom is 0.126 e. The van der Waals surface area contributed by atoms with E-state index in [4.69, 9.17) is 11.6 Å². The van der Waals surface area contributed by atoms with Crippen molar-refractivity contribution in [1.29, 1.82) is 0 Å². The van der Waals surface area contributed by atoms with Crippen molar-refractivity contribution >= 4 is 22.9 Å². The lowest BCUT2D eigenvalue weighted by atomic mass is 10.2. The van der Waals surface area contributed by atoms with Crippen molar-refractivity contribution in [2.45, 2.75) is 0 Å². The molecule has 3 aromatic rings. The average Bonchev–Trinajstić information content (AvgIpc) is 2.90. The zero-order chi connectivity index (χ0) is 12.4. The number of thiazole rings is 1. The predicted molar refractivity (Wildman–Crippen MR) is 76.8 cm³/mol. The van der Waals surface area contributed by atoms with Gasteiger partial charge in [0.15, 0.2) is 0 Å². The van der Waals surface area contributed by atoms with Crippen molar-refractivity contribution in [3.05, 3.63) is 65.8 Å². The summed E-state index contributed by atoms with van der Waals surface area (Å²) in [6, 6.07) is 17.9. The summed E-state index contributed by atoms with van der Waals surface area (Å²) >= 11 is 7.77. The molecule has 0 aliphatic heterocycles. The molecule has 0 bridgehead atoms. The van der Waals surface area contributed by atoms with E-state index in [1.54, 1.807) is 11.3 Å². The number of benzene rings is 2. The highest BCUT2D eigenvalue weighted by molar-refractivity contribution is 7.18. The summed E-state index contributed by atoms with van der Waals surface area (Å²) in [5, 5.41) is 1.62. The third-order valence-corrected chi connectivity index (χ3v) is 3.96. The lowest BCUT2D eigenvalue weighted by Gasteiger charge is -1.98. The fourth-order valence-electron chi connectivity index (χ4n) is 1.71. The Bertz CT molecular complexity index is 661. The first-order valence-corrected chi connectivity index (χ1v) is 6.73. The van der Waals surface area contributed by atoms with Gasteiger partial charge >= 0.3 is 0 Å². The molecule has 2 aromatic carbocycles. The third kappa shape index (κ3) is 2.17. The fourth-order valence-corrected chi connectivity index (χ4v) is 2.91. The van der Waals surface area contributed by atoms with Gasteiger partial charge in [-0.15, -0.1) is 11.3 Å². The highest BCUT2D eigenvalue weighted by Crippen LogP contribution is 2.34. The van der Waals surface area contributed by atoms with Gasteiger partial charge < -0.3 is 0 Å². The van der Waals surface area contributed by atoms with Gasteiger partial charge in [0.25, 0.3) is 0 Å². The molecule has 87 valence electrons. The van der Waals surface area contributed by atoms with Crippen molar-refractivity contribution in [3.63, 3.8) is 0 Å². The van der Waals surface area contributed by atoms with E-state index in [2.05, 4.69) is 23.3 Å². The van der Waals surface area contributed by atoms with Crippen LogP contribution < -0.4 is 0 Å². The van der Waals surface area contributed by atoms with Crippen LogP contribution in [0.25, 0.3) is 21.0 Å². The van der Waals surface area contributed by atoms with Crippen molar-refractivity contribution in [3.8, 4) is 21.0 Å². The SMILES string of the molecule is Clc1ccccc1-c1n[c]c(-c2ccccc2)s1. The molecule has 1 aromatic heterocycles. The summed E-state index contributed by atoms with van der Waals surface area (Å²) < 4.78 is 0. The van der Waals surface area contributed by atoms with Crippen LogP contribution in [0.15, 0.2) is 54.6 Å². The first-order chi connectivity index (χ1) is 8.84. The third-order valence-electron chi connectivity index (χ3n) is 2.60. The maximum atomic E-state index is 6.17. The van der Waals surface area contributed by atoms with E-state index >= 15 is 0 Å². The molecule has 3 heteroatoms. The van der Waals surface area contributed by atoms with Crippen LogP contribution in [-0.2, 0) is 0 Å². The Morgan fingerprint density at radius 3 is 2.44 bits per heavy atom. The Hall–Kier alpha value is -1.64. The molecule has 0 N–H and O–H groups in total. The van der Waals surface area contributed by atoms with Gasteiger partial charge in [0.2, 0.25) is 0 Å². The van der Waals surface area contributed by atoms with Gasteiger partial charge in [0.1, 0.15) is 11.2 Å². The number of hydrogen-bond acceptors (Lipinski definition) is 2. The topological polar surface area (TPSA) is 12.9 Å². The number of aromatic nitrogens is 1. The predicted octanol–water partition coefficient (Wildman–Crippen LogP) is 4.93. The molecule has 0 amide bonds. The number of halogens is 1. The summed E-state index contributed by atoms with van der Waals surface area (Å²) in [6.07, 6.45) is 3.06. The molecule has 1 heterocycles. The Labute approximate surface area is 115 Å².